The second-order valence-electron chi connectivity index (χ2n) is 7.67. The van der Waals surface area contributed by atoms with Crippen molar-refractivity contribution in [1.29, 1.82) is 0 Å². The maximum absolute atomic E-state index is 12.9. The van der Waals surface area contributed by atoms with Gasteiger partial charge in [-0.25, -0.2) is 12.7 Å². The van der Waals surface area contributed by atoms with Crippen molar-refractivity contribution < 1.29 is 17.9 Å². The number of carbonyl (C=O) groups excluding carboxylic acids is 1. The SMILES string of the molecule is COc1ccccc1CN(C)C(=O)C1CCN(S(=O)(=O)Cc2ccc(Cl)cc2Cl)CC1. The summed E-state index contributed by atoms with van der Waals surface area (Å²) >= 11 is 12.0. The molecule has 0 atom stereocenters. The van der Waals surface area contributed by atoms with Crippen LogP contribution in [0.3, 0.4) is 0 Å². The van der Waals surface area contributed by atoms with Crippen LogP contribution in [0.25, 0.3) is 0 Å². The molecule has 0 unspecified atom stereocenters. The Labute approximate surface area is 193 Å². The van der Waals surface area contributed by atoms with Gasteiger partial charge in [0.25, 0.3) is 0 Å². The molecule has 31 heavy (non-hydrogen) atoms. The number of piperidine rings is 1. The number of sulfonamides is 1. The van der Waals surface area contributed by atoms with Crippen LogP contribution in [-0.2, 0) is 27.1 Å². The minimum atomic E-state index is -3.53. The largest absolute Gasteiger partial charge is 0.496 e. The minimum absolute atomic E-state index is 0.0173. The standard InChI is InChI=1S/C22H26Cl2N2O4S/c1-25(14-17-5-3-4-6-21(17)30-2)22(27)16-9-11-26(12-10-16)31(28,29)15-18-7-8-19(23)13-20(18)24/h3-8,13,16H,9-12,14-15H2,1-2H3. The fourth-order valence-corrected chi connectivity index (χ4v) is 5.94. The smallest absolute Gasteiger partial charge is 0.225 e. The predicted molar refractivity (Wildman–Crippen MR) is 123 cm³/mol. The third kappa shape index (κ3) is 5.92. The molecule has 1 saturated heterocycles. The topological polar surface area (TPSA) is 66.9 Å². The van der Waals surface area contributed by atoms with Crippen molar-refractivity contribution in [2.24, 2.45) is 5.92 Å². The fourth-order valence-electron chi connectivity index (χ4n) is 3.79. The summed E-state index contributed by atoms with van der Waals surface area (Å²) in [6, 6.07) is 12.4. The van der Waals surface area contributed by atoms with Gasteiger partial charge in [-0.05, 0) is 36.6 Å². The van der Waals surface area contributed by atoms with E-state index in [-0.39, 0.29) is 17.6 Å². The average Bonchev–Trinajstić information content (AvgIpc) is 2.75. The summed E-state index contributed by atoms with van der Waals surface area (Å²) < 4.78 is 32.5. The lowest BCUT2D eigenvalue weighted by Gasteiger charge is -2.32. The molecule has 0 spiro atoms. The van der Waals surface area contributed by atoms with E-state index < -0.39 is 10.0 Å². The van der Waals surface area contributed by atoms with Gasteiger partial charge >= 0.3 is 0 Å². The van der Waals surface area contributed by atoms with Crippen LogP contribution in [0.5, 0.6) is 5.75 Å². The molecule has 1 aliphatic rings. The van der Waals surface area contributed by atoms with Crippen LogP contribution in [0.2, 0.25) is 10.0 Å². The van der Waals surface area contributed by atoms with E-state index in [4.69, 9.17) is 27.9 Å². The zero-order valence-corrected chi connectivity index (χ0v) is 19.9. The Hall–Kier alpha value is -1.80. The Morgan fingerprint density at radius 1 is 1.13 bits per heavy atom. The van der Waals surface area contributed by atoms with Crippen LogP contribution < -0.4 is 4.74 Å². The maximum Gasteiger partial charge on any atom is 0.225 e. The molecule has 1 aliphatic heterocycles. The Morgan fingerprint density at radius 3 is 2.45 bits per heavy atom. The van der Waals surface area contributed by atoms with Crippen LogP contribution in [-0.4, -0.2) is 50.8 Å². The normalized spacial score (nSPS) is 15.6. The Morgan fingerprint density at radius 2 is 1.81 bits per heavy atom. The van der Waals surface area contributed by atoms with Crippen LogP contribution >= 0.6 is 23.2 Å². The molecule has 1 heterocycles. The molecule has 6 nitrogen and oxygen atoms in total. The molecule has 168 valence electrons. The van der Waals surface area contributed by atoms with E-state index in [2.05, 4.69) is 0 Å². The molecule has 3 rings (SSSR count). The molecule has 0 saturated carbocycles. The predicted octanol–water partition coefficient (Wildman–Crippen LogP) is 4.20. The number of para-hydroxylation sites is 1. The molecule has 2 aromatic rings. The fraction of sp³-hybridized carbons (Fsp3) is 0.409. The lowest BCUT2D eigenvalue weighted by molar-refractivity contribution is -0.135. The van der Waals surface area contributed by atoms with E-state index in [1.54, 1.807) is 31.2 Å². The Balaban J connectivity index is 1.58. The lowest BCUT2D eigenvalue weighted by atomic mass is 9.96. The first kappa shape index (κ1) is 23.9. The third-order valence-electron chi connectivity index (χ3n) is 5.53. The first-order chi connectivity index (χ1) is 14.7. The molecular weight excluding hydrogens is 459 g/mol. The maximum atomic E-state index is 12.9. The Kier molecular flexibility index (Phi) is 7.86. The number of hydrogen-bond acceptors (Lipinski definition) is 4. The summed E-state index contributed by atoms with van der Waals surface area (Å²) in [7, 11) is -0.165. The molecule has 0 bridgehead atoms. The minimum Gasteiger partial charge on any atom is -0.496 e. The van der Waals surface area contributed by atoms with Gasteiger partial charge in [-0.3, -0.25) is 4.79 Å². The van der Waals surface area contributed by atoms with Crippen LogP contribution in [0.4, 0.5) is 0 Å². The zero-order chi connectivity index (χ0) is 22.6. The second kappa shape index (κ2) is 10.2. The summed E-state index contributed by atoms with van der Waals surface area (Å²) in [5.74, 6) is 0.368. The quantitative estimate of drug-likeness (QED) is 0.590. The van der Waals surface area contributed by atoms with Gasteiger partial charge in [-0.2, -0.15) is 0 Å². The number of halogens is 2. The lowest BCUT2D eigenvalue weighted by Crippen LogP contribution is -2.43. The summed E-state index contributed by atoms with van der Waals surface area (Å²) in [5, 5.41) is 0.793. The van der Waals surface area contributed by atoms with Crippen molar-refractivity contribution in [2.45, 2.75) is 25.1 Å². The molecule has 0 aromatic heterocycles. The van der Waals surface area contributed by atoms with Gasteiger partial charge in [0.05, 0.1) is 12.9 Å². The highest BCUT2D eigenvalue weighted by Gasteiger charge is 2.32. The molecular formula is C22H26Cl2N2O4S. The number of hydrogen-bond donors (Lipinski definition) is 0. The highest BCUT2D eigenvalue weighted by molar-refractivity contribution is 7.88. The van der Waals surface area contributed by atoms with Gasteiger partial charge < -0.3 is 9.64 Å². The van der Waals surface area contributed by atoms with Gasteiger partial charge in [0.15, 0.2) is 0 Å². The monoisotopic (exact) mass is 484 g/mol. The summed E-state index contributed by atoms with van der Waals surface area (Å²) in [4.78, 5) is 14.6. The van der Waals surface area contributed by atoms with Crippen LogP contribution in [0.15, 0.2) is 42.5 Å². The van der Waals surface area contributed by atoms with E-state index in [1.807, 2.05) is 24.3 Å². The molecule has 0 aliphatic carbocycles. The highest BCUT2D eigenvalue weighted by atomic mass is 35.5. The molecule has 1 amide bonds. The zero-order valence-electron chi connectivity index (χ0n) is 17.6. The average molecular weight is 485 g/mol. The number of carbonyl (C=O) groups is 1. The molecule has 9 heteroatoms. The third-order valence-corrected chi connectivity index (χ3v) is 7.94. The summed E-state index contributed by atoms with van der Waals surface area (Å²) in [6.45, 7) is 1.06. The number of ether oxygens (including phenoxy) is 1. The van der Waals surface area contributed by atoms with E-state index in [1.165, 1.54) is 10.4 Å². The molecule has 0 radical (unpaired) electrons. The number of benzene rings is 2. The van der Waals surface area contributed by atoms with Crippen molar-refractivity contribution in [3.8, 4) is 5.75 Å². The Bertz CT molecular complexity index is 1040. The number of nitrogens with zero attached hydrogens (tertiary/aromatic N) is 2. The highest BCUT2D eigenvalue weighted by Crippen LogP contribution is 2.27. The van der Waals surface area contributed by atoms with Crippen molar-refractivity contribution >= 4 is 39.1 Å². The van der Waals surface area contributed by atoms with Gasteiger partial charge in [0, 0.05) is 48.2 Å². The van der Waals surface area contributed by atoms with Gasteiger partial charge in [0.2, 0.25) is 15.9 Å². The van der Waals surface area contributed by atoms with Crippen molar-refractivity contribution in [2.75, 3.05) is 27.2 Å². The van der Waals surface area contributed by atoms with Gasteiger partial charge in [-0.15, -0.1) is 0 Å². The van der Waals surface area contributed by atoms with E-state index >= 15 is 0 Å². The van der Waals surface area contributed by atoms with Gasteiger partial charge in [0.1, 0.15) is 5.75 Å². The van der Waals surface area contributed by atoms with E-state index in [9.17, 15) is 13.2 Å². The first-order valence-electron chi connectivity index (χ1n) is 10.00. The van der Waals surface area contributed by atoms with Crippen LogP contribution in [0.1, 0.15) is 24.0 Å². The number of methoxy groups -OCH3 is 1. The number of amides is 1. The van der Waals surface area contributed by atoms with E-state index in [0.717, 1.165) is 11.3 Å². The van der Waals surface area contributed by atoms with Gasteiger partial charge in [-0.1, -0.05) is 47.5 Å². The van der Waals surface area contributed by atoms with Crippen molar-refractivity contribution in [3.05, 3.63) is 63.6 Å². The second-order valence-corrected chi connectivity index (χ2v) is 10.5. The summed E-state index contributed by atoms with van der Waals surface area (Å²) in [5.41, 5.74) is 1.45. The van der Waals surface area contributed by atoms with Crippen molar-refractivity contribution in [3.63, 3.8) is 0 Å². The molecule has 1 fully saturated rings. The molecule has 0 N–H and O–H groups in total. The first-order valence-corrected chi connectivity index (χ1v) is 12.4. The molecule has 2 aromatic carbocycles. The number of rotatable bonds is 7. The summed E-state index contributed by atoms with van der Waals surface area (Å²) in [6.07, 6.45) is 0.978. The van der Waals surface area contributed by atoms with Crippen molar-refractivity contribution in [1.82, 2.24) is 9.21 Å². The van der Waals surface area contributed by atoms with Crippen LogP contribution in [0, 0.1) is 5.92 Å². The van der Waals surface area contributed by atoms with E-state index in [0.29, 0.717) is 48.1 Å².